The van der Waals surface area contributed by atoms with Crippen molar-refractivity contribution in [2.45, 2.75) is 25.3 Å². The molecule has 1 aromatic carbocycles. The van der Waals surface area contributed by atoms with Crippen molar-refractivity contribution in [2.24, 2.45) is 0 Å². The van der Waals surface area contributed by atoms with Crippen molar-refractivity contribution in [3.63, 3.8) is 0 Å². The lowest BCUT2D eigenvalue weighted by atomic mass is 9.75. The lowest BCUT2D eigenvalue weighted by molar-refractivity contribution is -0.136. The van der Waals surface area contributed by atoms with Crippen molar-refractivity contribution in [3.05, 3.63) is 35.4 Å². The summed E-state index contributed by atoms with van der Waals surface area (Å²) >= 11 is 0. The third-order valence-corrected chi connectivity index (χ3v) is 3.93. The van der Waals surface area contributed by atoms with Gasteiger partial charge in [-0.2, -0.15) is 0 Å². The summed E-state index contributed by atoms with van der Waals surface area (Å²) in [6.07, 6.45) is 0. The summed E-state index contributed by atoms with van der Waals surface area (Å²) in [6.45, 7) is 6.62. The number of nitrogens with zero attached hydrogens (tertiary/aromatic N) is 1. The van der Waals surface area contributed by atoms with Gasteiger partial charge in [0.15, 0.2) is 0 Å². The Hall–Kier alpha value is -1.35. The number of hydrogen-bond donors (Lipinski definition) is 1. The zero-order chi connectivity index (χ0) is 12.0. The van der Waals surface area contributed by atoms with E-state index < -0.39 is 0 Å². The van der Waals surface area contributed by atoms with Crippen LogP contribution in [0.5, 0.6) is 0 Å². The number of nitrogens with one attached hydrogen (secondary N) is 1. The third-order valence-electron chi connectivity index (χ3n) is 3.93. The number of carbonyl (C=O) groups excluding carboxylic acids is 1. The summed E-state index contributed by atoms with van der Waals surface area (Å²) < 4.78 is 0. The van der Waals surface area contributed by atoms with E-state index in [0.717, 1.165) is 13.1 Å². The van der Waals surface area contributed by atoms with Crippen molar-refractivity contribution in [3.8, 4) is 0 Å². The van der Waals surface area contributed by atoms with Crippen molar-refractivity contribution in [1.29, 1.82) is 0 Å². The Labute approximate surface area is 102 Å². The van der Waals surface area contributed by atoms with E-state index in [0.29, 0.717) is 6.54 Å². The van der Waals surface area contributed by atoms with Crippen molar-refractivity contribution in [2.75, 3.05) is 19.6 Å². The summed E-state index contributed by atoms with van der Waals surface area (Å²) in [4.78, 5) is 14.0. The summed E-state index contributed by atoms with van der Waals surface area (Å²) in [5.74, 6) is 0.226. The fourth-order valence-electron chi connectivity index (χ4n) is 3.09. The maximum Gasteiger partial charge on any atom is 0.237 e. The van der Waals surface area contributed by atoms with Gasteiger partial charge >= 0.3 is 0 Å². The normalized spacial score (nSPS) is 26.4. The molecule has 0 saturated carbocycles. The average molecular weight is 230 g/mol. The van der Waals surface area contributed by atoms with Gasteiger partial charge in [0, 0.05) is 18.5 Å². The van der Waals surface area contributed by atoms with Crippen LogP contribution in [-0.4, -0.2) is 30.4 Å². The van der Waals surface area contributed by atoms with Crippen LogP contribution in [0.2, 0.25) is 0 Å². The van der Waals surface area contributed by atoms with Crippen LogP contribution < -0.4 is 5.32 Å². The van der Waals surface area contributed by atoms with Gasteiger partial charge in [0.2, 0.25) is 5.91 Å². The molecule has 0 aliphatic carbocycles. The highest BCUT2D eigenvalue weighted by Gasteiger charge is 2.40. The van der Waals surface area contributed by atoms with Gasteiger partial charge < -0.3 is 10.2 Å². The molecule has 90 valence electrons. The first-order valence-corrected chi connectivity index (χ1v) is 6.19. The predicted octanol–water partition coefficient (Wildman–Crippen LogP) is 1.45. The van der Waals surface area contributed by atoms with Gasteiger partial charge in [0.05, 0.1) is 12.6 Å². The van der Waals surface area contributed by atoms with Gasteiger partial charge in [-0.15, -0.1) is 0 Å². The molecular formula is C14H18N2O. The molecule has 1 atom stereocenters. The number of piperazine rings is 1. The maximum absolute atomic E-state index is 12.0. The average Bonchev–Trinajstić information content (AvgIpc) is 2.31. The lowest BCUT2D eigenvalue weighted by Crippen LogP contribution is -2.56. The summed E-state index contributed by atoms with van der Waals surface area (Å²) in [5.41, 5.74) is 2.75. The molecule has 1 amide bonds. The second-order valence-electron chi connectivity index (χ2n) is 5.64. The fraction of sp³-hybridized carbons (Fsp3) is 0.500. The molecule has 2 heterocycles. The molecule has 1 fully saturated rings. The van der Waals surface area contributed by atoms with Crippen molar-refractivity contribution in [1.82, 2.24) is 10.2 Å². The molecule has 3 heteroatoms. The van der Waals surface area contributed by atoms with Gasteiger partial charge in [-0.3, -0.25) is 4.79 Å². The number of benzene rings is 1. The second-order valence-corrected chi connectivity index (χ2v) is 5.64. The lowest BCUT2D eigenvalue weighted by Gasteiger charge is -2.47. The molecule has 3 nitrogen and oxygen atoms in total. The van der Waals surface area contributed by atoms with Crippen molar-refractivity contribution >= 4 is 5.91 Å². The molecule has 0 radical (unpaired) electrons. The van der Waals surface area contributed by atoms with E-state index in [1.54, 1.807) is 0 Å². The quantitative estimate of drug-likeness (QED) is 0.731. The van der Waals surface area contributed by atoms with E-state index in [4.69, 9.17) is 0 Å². The third kappa shape index (κ3) is 1.57. The molecule has 1 N–H and O–H groups in total. The molecule has 1 saturated heterocycles. The first-order valence-electron chi connectivity index (χ1n) is 6.19. The molecule has 17 heavy (non-hydrogen) atoms. The Morgan fingerprint density at radius 1 is 1.35 bits per heavy atom. The van der Waals surface area contributed by atoms with Crippen LogP contribution in [0.25, 0.3) is 0 Å². The maximum atomic E-state index is 12.0. The Balaban J connectivity index is 2.12. The standard InChI is InChI=1S/C14H18N2O/c1-14(2)9-16-12(7-15-8-13(16)17)10-5-3-4-6-11(10)14/h3-6,12,15H,7-9H2,1-2H3. The number of carbonyl (C=O) groups is 1. The van der Waals surface area contributed by atoms with E-state index in [1.165, 1.54) is 11.1 Å². The van der Waals surface area contributed by atoms with Gasteiger partial charge in [-0.05, 0) is 11.1 Å². The van der Waals surface area contributed by atoms with Gasteiger partial charge in [0.25, 0.3) is 0 Å². The minimum Gasteiger partial charge on any atom is -0.332 e. The highest BCUT2D eigenvalue weighted by molar-refractivity contribution is 5.80. The minimum atomic E-state index is 0.0556. The zero-order valence-corrected chi connectivity index (χ0v) is 10.4. The Morgan fingerprint density at radius 2 is 2.12 bits per heavy atom. The van der Waals surface area contributed by atoms with E-state index >= 15 is 0 Å². The van der Waals surface area contributed by atoms with E-state index in [9.17, 15) is 4.79 Å². The molecule has 2 aliphatic rings. The summed E-state index contributed by atoms with van der Waals surface area (Å²) in [6, 6.07) is 8.74. The van der Waals surface area contributed by atoms with E-state index in [1.807, 2.05) is 4.90 Å². The van der Waals surface area contributed by atoms with Crippen LogP contribution in [0.4, 0.5) is 0 Å². The molecule has 0 spiro atoms. The highest BCUT2D eigenvalue weighted by Crippen LogP contribution is 2.39. The summed E-state index contributed by atoms with van der Waals surface area (Å²) in [7, 11) is 0. The molecule has 0 bridgehead atoms. The van der Waals surface area contributed by atoms with E-state index in [-0.39, 0.29) is 17.4 Å². The van der Waals surface area contributed by atoms with Gasteiger partial charge in [-0.1, -0.05) is 38.1 Å². The Bertz CT molecular complexity index is 467. The van der Waals surface area contributed by atoms with Crippen molar-refractivity contribution < 1.29 is 4.79 Å². The fourth-order valence-corrected chi connectivity index (χ4v) is 3.09. The number of rotatable bonds is 0. The van der Waals surface area contributed by atoms with Crippen LogP contribution in [0, 0.1) is 0 Å². The number of fused-ring (bicyclic) bond motifs is 3. The Morgan fingerprint density at radius 3 is 2.94 bits per heavy atom. The molecule has 0 aromatic heterocycles. The Kier molecular flexibility index (Phi) is 2.26. The van der Waals surface area contributed by atoms with Crippen LogP contribution >= 0.6 is 0 Å². The van der Waals surface area contributed by atoms with Crippen LogP contribution in [0.15, 0.2) is 24.3 Å². The van der Waals surface area contributed by atoms with Gasteiger partial charge in [-0.25, -0.2) is 0 Å². The van der Waals surface area contributed by atoms with Crippen LogP contribution in [-0.2, 0) is 10.2 Å². The minimum absolute atomic E-state index is 0.0556. The van der Waals surface area contributed by atoms with Crippen LogP contribution in [0.3, 0.4) is 0 Å². The molecule has 1 aromatic rings. The highest BCUT2D eigenvalue weighted by atomic mass is 16.2. The first kappa shape index (κ1) is 10.8. The number of amides is 1. The predicted molar refractivity (Wildman–Crippen MR) is 66.8 cm³/mol. The van der Waals surface area contributed by atoms with Gasteiger partial charge in [0.1, 0.15) is 0 Å². The molecular weight excluding hydrogens is 212 g/mol. The first-order chi connectivity index (χ1) is 8.09. The molecule has 1 unspecified atom stereocenters. The number of hydrogen-bond acceptors (Lipinski definition) is 2. The topological polar surface area (TPSA) is 32.3 Å². The smallest absolute Gasteiger partial charge is 0.237 e. The molecule has 3 rings (SSSR count). The largest absolute Gasteiger partial charge is 0.332 e. The van der Waals surface area contributed by atoms with Crippen LogP contribution in [0.1, 0.15) is 31.0 Å². The van der Waals surface area contributed by atoms with E-state index in [2.05, 4.69) is 43.4 Å². The second kappa shape index (κ2) is 3.57. The SMILES string of the molecule is CC1(C)CN2C(=O)CNCC2c2ccccc21. The monoisotopic (exact) mass is 230 g/mol. The zero-order valence-electron chi connectivity index (χ0n) is 10.4. The molecule has 2 aliphatic heterocycles. The summed E-state index contributed by atoms with van der Waals surface area (Å²) in [5, 5.41) is 3.21.